The van der Waals surface area contributed by atoms with Crippen LogP contribution in [0.5, 0.6) is 0 Å². The van der Waals surface area contributed by atoms with Crippen LogP contribution >= 0.6 is 0 Å². The number of benzene rings is 1. The van der Waals surface area contributed by atoms with Crippen LogP contribution in [-0.4, -0.2) is 4.98 Å². The second-order valence-electron chi connectivity index (χ2n) is 3.56. The van der Waals surface area contributed by atoms with Crippen LogP contribution in [0.1, 0.15) is 0 Å². The third-order valence-corrected chi connectivity index (χ3v) is 2.51. The first-order chi connectivity index (χ1) is 7.84. The van der Waals surface area contributed by atoms with Gasteiger partial charge in [0.05, 0.1) is 5.56 Å². The minimum atomic E-state index is -0.137. The molecular weight excluding hydrogens is 202 g/mol. The molecule has 2 heterocycles. The molecule has 3 nitrogen and oxygen atoms in total. The third-order valence-electron chi connectivity index (χ3n) is 2.51. The van der Waals surface area contributed by atoms with Crippen LogP contribution in [-0.2, 0) is 0 Å². The first-order valence-corrected chi connectivity index (χ1v) is 5.01. The van der Waals surface area contributed by atoms with Gasteiger partial charge in [-0.15, -0.1) is 0 Å². The highest BCUT2D eigenvalue weighted by molar-refractivity contribution is 5.82. The Morgan fingerprint density at radius 1 is 1.06 bits per heavy atom. The average Bonchev–Trinajstić information content (AvgIpc) is 2.73. The van der Waals surface area contributed by atoms with Gasteiger partial charge in [0.2, 0.25) is 0 Å². The summed E-state index contributed by atoms with van der Waals surface area (Å²) in [5, 5.41) is 1.00. The smallest absolute Gasteiger partial charge is 0.258 e. The first-order valence-electron chi connectivity index (χ1n) is 5.01. The molecule has 0 radical (unpaired) electrons. The van der Waals surface area contributed by atoms with Crippen LogP contribution in [0.25, 0.3) is 22.3 Å². The summed E-state index contributed by atoms with van der Waals surface area (Å²) in [5.41, 5.74) is 1.21. The Kier molecular flexibility index (Phi) is 1.90. The van der Waals surface area contributed by atoms with Crippen molar-refractivity contribution in [3.63, 3.8) is 0 Å². The number of aromatic amines is 1. The van der Waals surface area contributed by atoms with E-state index < -0.39 is 0 Å². The normalized spacial score (nSPS) is 10.8. The van der Waals surface area contributed by atoms with Gasteiger partial charge < -0.3 is 9.40 Å². The van der Waals surface area contributed by atoms with E-state index in [2.05, 4.69) is 4.98 Å². The van der Waals surface area contributed by atoms with Crippen molar-refractivity contribution >= 4 is 11.0 Å². The van der Waals surface area contributed by atoms with E-state index in [1.165, 1.54) is 0 Å². The molecule has 3 rings (SSSR count). The van der Waals surface area contributed by atoms with Crippen LogP contribution in [0.3, 0.4) is 0 Å². The van der Waals surface area contributed by atoms with Crippen molar-refractivity contribution in [2.24, 2.45) is 0 Å². The second-order valence-corrected chi connectivity index (χ2v) is 3.56. The van der Waals surface area contributed by atoms with Gasteiger partial charge in [-0.05, 0) is 24.3 Å². The highest BCUT2D eigenvalue weighted by Gasteiger charge is 2.08. The number of pyridine rings is 1. The van der Waals surface area contributed by atoms with Crippen molar-refractivity contribution in [1.82, 2.24) is 4.98 Å². The minimum Gasteiger partial charge on any atom is -0.456 e. The van der Waals surface area contributed by atoms with E-state index in [0.717, 1.165) is 11.0 Å². The summed E-state index contributed by atoms with van der Waals surface area (Å²) in [4.78, 5) is 14.2. The molecule has 0 aliphatic rings. The molecule has 0 saturated carbocycles. The van der Waals surface area contributed by atoms with E-state index in [0.29, 0.717) is 11.3 Å². The maximum atomic E-state index is 11.6. The maximum absolute atomic E-state index is 11.6. The van der Waals surface area contributed by atoms with E-state index in [-0.39, 0.29) is 5.56 Å². The van der Waals surface area contributed by atoms with Gasteiger partial charge in [0, 0.05) is 11.6 Å². The molecule has 0 spiro atoms. The Hall–Kier alpha value is -2.29. The van der Waals surface area contributed by atoms with Gasteiger partial charge in [-0.2, -0.15) is 0 Å². The molecule has 0 fully saturated rings. The quantitative estimate of drug-likeness (QED) is 0.672. The lowest BCUT2D eigenvalue weighted by atomic mass is 10.2. The zero-order chi connectivity index (χ0) is 11.0. The van der Waals surface area contributed by atoms with Crippen LogP contribution in [0.15, 0.2) is 57.9 Å². The van der Waals surface area contributed by atoms with Gasteiger partial charge in [-0.25, -0.2) is 0 Å². The largest absolute Gasteiger partial charge is 0.456 e. The predicted molar refractivity (Wildman–Crippen MR) is 62.3 cm³/mol. The SMILES string of the molecule is O=c1[nH]cccc1-c1cc2ccccc2o1. The molecule has 3 heteroatoms. The van der Waals surface area contributed by atoms with E-state index in [4.69, 9.17) is 4.42 Å². The van der Waals surface area contributed by atoms with Gasteiger partial charge in [0.1, 0.15) is 11.3 Å². The number of H-pyrrole nitrogens is 1. The van der Waals surface area contributed by atoms with E-state index in [9.17, 15) is 4.79 Å². The summed E-state index contributed by atoms with van der Waals surface area (Å²) < 4.78 is 5.61. The van der Waals surface area contributed by atoms with Gasteiger partial charge in [-0.3, -0.25) is 4.79 Å². The van der Waals surface area contributed by atoms with Crippen molar-refractivity contribution < 1.29 is 4.42 Å². The van der Waals surface area contributed by atoms with Gasteiger partial charge >= 0.3 is 0 Å². The van der Waals surface area contributed by atoms with Crippen molar-refractivity contribution in [3.05, 3.63) is 59.0 Å². The van der Waals surface area contributed by atoms with Crippen LogP contribution in [0.2, 0.25) is 0 Å². The lowest BCUT2D eigenvalue weighted by Gasteiger charge is -1.92. The topological polar surface area (TPSA) is 46.0 Å². The van der Waals surface area contributed by atoms with Gasteiger partial charge in [0.15, 0.2) is 0 Å². The summed E-state index contributed by atoms with van der Waals surface area (Å²) in [5.74, 6) is 0.600. The minimum absolute atomic E-state index is 0.137. The molecule has 0 aliphatic carbocycles. The fourth-order valence-electron chi connectivity index (χ4n) is 1.73. The number of hydrogen-bond acceptors (Lipinski definition) is 2. The molecule has 2 aromatic heterocycles. The average molecular weight is 211 g/mol. The molecule has 0 saturated heterocycles. The van der Waals surface area contributed by atoms with Crippen LogP contribution < -0.4 is 5.56 Å². The van der Waals surface area contributed by atoms with Crippen molar-refractivity contribution in [2.75, 3.05) is 0 Å². The Morgan fingerprint density at radius 2 is 1.94 bits per heavy atom. The Balaban J connectivity index is 2.27. The lowest BCUT2D eigenvalue weighted by Crippen LogP contribution is -2.06. The summed E-state index contributed by atoms with van der Waals surface area (Å²) in [6.45, 7) is 0. The highest BCUT2D eigenvalue weighted by Crippen LogP contribution is 2.25. The lowest BCUT2D eigenvalue weighted by molar-refractivity contribution is 0.630. The molecule has 3 aromatic rings. The Bertz CT molecular complexity index is 661. The van der Waals surface area contributed by atoms with E-state index in [1.54, 1.807) is 18.3 Å². The maximum Gasteiger partial charge on any atom is 0.258 e. The molecule has 0 bridgehead atoms. The number of rotatable bonds is 1. The highest BCUT2D eigenvalue weighted by atomic mass is 16.3. The number of para-hydroxylation sites is 1. The third kappa shape index (κ3) is 1.34. The molecule has 1 aromatic carbocycles. The predicted octanol–water partition coefficient (Wildman–Crippen LogP) is 2.79. The molecule has 0 aliphatic heterocycles. The summed E-state index contributed by atoms with van der Waals surface area (Å²) in [6.07, 6.45) is 1.61. The van der Waals surface area contributed by atoms with E-state index >= 15 is 0 Å². The summed E-state index contributed by atoms with van der Waals surface area (Å²) in [7, 11) is 0. The van der Waals surface area contributed by atoms with Crippen LogP contribution in [0.4, 0.5) is 0 Å². The van der Waals surface area contributed by atoms with Crippen molar-refractivity contribution in [1.29, 1.82) is 0 Å². The summed E-state index contributed by atoms with van der Waals surface area (Å²) in [6, 6.07) is 13.1. The number of nitrogens with one attached hydrogen (secondary N) is 1. The molecular formula is C13H9NO2. The first kappa shape index (κ1) is 8.97. The van der Waals surface area contributed by atoms with E-state index in [1.807, 2.05) is 30.3 Å². The standard InChI is InChI=1S/C13H9NO2/c15-13-10(5-3-7-14-13)12-8-9-4-1-2-6-11(9)16-12/h1-8H,(H,14,15). The van der Waals surface area contributed by atoms with Gasteiger partial charge in [-0.1, -0.05) is 18.2 Å². The number of fused-ring (bicyclic) bond motifs is 1. The number of furan rings is 1. The van der Waals surface area contributed by atoms with Crippen molar-refractivity contribution in [2.45, 2.75) is 0 Å². The fraction of sp³-hybridized carbons (Fsp3) is 0. The van der Waals surface area contributed by atoms with Crippen LogP contribution in [0, 0.1) is 0 Å². The Labute approximate surface area is 91.3 Å². The second kappa shape index (κ2) is 3.38. The molecule has 0 atom stereocenters. The number of aromatic nitrogens is 1. The molecule has 1 N–H and O–H groups in total. The monoisotopic (exact) mass is 211 g/mol. The molecule has 0 unspecified atom stereocenters. The summed E-state index contributed by atoms with van der Waals surface area (Å²) >= 11 is 0. The van der Waals surface area contributed by atoms with Crippen molar-refractivity contribution in [3.8, 4) is 11.3 Å². The van der Waals surface area contributed by atoms with Gasteiger partial charge in [0.25, 0.3) is 5.56 Å². The zero-order valence-corrected chi connectivity index (χ0v) is 8.44. The number of hydrogen-bond donors (Lipinski definition) is 1. The zero-order valence-electron chi connectivity index (χ0n) is 8.44. The Morgan fingerprint density at radius 3 is 2.75 bits per heavy atom. The molecule has 78 valence electrons. The fourth-order valence-corrected chi connectivity index (χ4v) is 1.73. The molecule has 16 heavy (non-hydrogen) atoms. The molecule has 0 amide bonds.